The van der Waals surface area contributed by atoms with Crippen molar-refractivity contribution in [3.63, 3.8) is 0 Å². The molecule has 0 spiro atoms. The van der Waals surface area contributed by atoms with Gasteiger partial charge in [0.05, 0.1) is 23.5 Å². The van der Waals surface area contributed by atoms with Crippen LogP contribution in [0, 0.1) is 23.7 Å². The molecule has 0 aromatic carbocycles. The van der Waals surface area contributed by atoms with Crippen molar-refractivity contribution in [1.29, 1.82) is 0 Å². The molecule has 2 fully saturated rings. The topological polar surface area (TPSA) is 43.2 Å². The van der Waals surface area contributed by atoms with Crippen LogP contribution >= 0.6 is 28.5 Å². The molecule has 0 aromatic heterocycles. The van der Waals surface area contributed by atoms with Crippen LogP contribution in [0.25, 0.3) is 0 Å². The van der Waals surface area contributed by atoms with Gasteiger partial charge in [0, 0.05) is 13.2 Å². The molecule has 0 aromatic rings. The molecule has 2 saturated carbocycles. The van der Waals surface area contributed by atoms with Gasteiger partial charge >= 0.3 is 39.3 Å². The number of hydrogen-bond donors (Lipinski definition) is 0. The van der Waals surface area contributed by atoms with E-state index in [0.29, 0.717) is 35.8 Å². The van der Waals surface area contributed by atoms with Crippen LogP contribution in [0.4, 0.5) is 0 Å². The summed E-state index contributed by atoms with van der Waals surface area (Å²) in [6, 6.07) is 5.64. The van der Waals surface area contributed by atoms with Gasteiger partial charge in [-0.3, -0.25) is 9.98 Å². The summed E-state index contributed by atoms with van der Waals surface area (Å²) < 4.78 is 13.1. The Morgan fingerprint density at radius 1 is 0.628 bits per heavy atom. The Morgan fingerprint density at radius 2 is 0.907 bits per heavy atom. The first-order chi connectivity index (χ1) is 20.4. The number of nitrogens with zero attached hydrogens (tertiary/aromatic N) is 2. The number of halogens is 2. The van der Waals surface area contributed by atoms with E-state index < -0.39 is 16.6 Å². The van der Waals surface area contributed by atoms with E-state index in [1.54, 1.807) is 0 Å². The summed E-state index contributed by atoms with van der Waals surface area (Å²) in [5.74, 6) is 2.63. The first-order valence-corrected chi connectivity index (χ1v) is 28.2. The molecule has 4 nitrogen and oxygen atoms in total. The molecule has 4 unspecified atom stereocenters. The van der Waals surface area contributed by atoms with E-state index in [1.165, 1.54) is 85.0 Å². The SMILES string of the molecule is CC[Si](C)(CC)OCCCC(=NC1C(C)CCCC1C)C(CCCO[Si](C)(CC)CC)=NC1C(C)CCCC1C.[Br][Ni][Br]. The summed E-state index contributed by atoms with van der Waals surface area (Å²) >= 11 is 6.00. The second kappa shape index (κ2) is 22.7. The molecule has 2 rings (SSSR count). The predicted octanol–water partition coefficient (Wildman–Crippen LogP) is 12.0. The average Bonchev–Trinajstić information content (AvgIpc) is 2.99. The van der Waals surface area contributed by atoms with Crippen LogP contribution in [-0.2, 0) is 19.7 Å². The normalized spacial score (nSPS) is 27.6. The second-order valence-corrected chi connectivity index (χ2v) is 28.4. The van der Waals surface area contributed by atoms with Crippen LogP contribution in [0.2, 0.25) is 37.3 Å². The fourth-order valence-corrected chi connectivity index (χ4v) is 9.88. The Kier molecular flexibility index (Phi) is 22.2. The van der Waals surface area contributed by atoms with E-state index in [1.807, 2.05) is 0 Å². The van der Waals surface area contributed by atoms with Gasteiger partial charge in [-0.2, -0.15) is 0 Å². The van der Waals surface area contributed by atoms with Gasteiger partial charge in [-0.05, 0) is 112 Å². The van der Waals surface area contributed by atoms with E-state index in [0.717, 1.165) is 38.9 Å². The van der Waals surface area contributed by atoms with Crippen LogP contribution < -0.4 is 0 Å². The third-order valence-corrected chi connectivity index (χ3v) is 18.7. The van der Waals surface area contributed by atoms with Gasteiger partial charge in [-0.25, -0.2) is 0 Å². The minimum atomic E-state index is -1.55. The Morgan fingerprint density at radius 3 is 1.16 bits per heavy atom. The van der Waals surface area contributed by atoms with E-state index in [9.17, 15) is 0 Å². The summed E-state index contributed by atoms with van der Waals surface area (Å²) in [5, 5.41) is 0. The van der Waals surface area contributed by atoms with Crippen molar-refractivity contribution in [3.8, 4) is 0 Å². The van der Waals surface area contributed by atoms with Gasteiger partial charge < -0.3 is 8.85 Å². The molecule has 0 aliphatic heterocycles. The van der Waals surface area contributed by atoms with Gasteiger partial charge in [0.1, 0.15) is 0 Å². The van der Waals surface area contributed by atoms with E-state index in [2.05, 4.69) is 96.9 Å². The third kappa shape index (κ3) is 15.3. The Hall–Kier alpha value is 1.15. The van der Waals surface area contributed by atoms with E-state index >= 15 is 0 Å². The van der Waals surface area contributed by atoms with Crippen LogP contribution in [0.5, 0.6) is 0 Å². The van der Waals surface area contributed by atoms with Crippen molar-refractivity contribution < 1.29 is 19.7 Å². The van der Waals surface area contributed by atoms with Crippen LogP contribution in [0.1, 0.15) is 120 Å². The van der Waals surface area contributed by atoms with Crippen molar-refractivity contribution in [2.45, 2.75) is 169 Å². The maximum absolute atomic E-state index is 6.56. The standard InChI is InChI=1S/C34H68N2O2Si2.2BrH.Ni/c1-11-39(9,12-2)37-25-17-23-31(35-33-27(5)19-15-20-28(33)6)32(24-18-26-38-40(10,13-3)14-4)36-34-29(7)21-16-22-30(34)8;;;/h27-30,33-34H,11-26H2,1-10H3;2*1H;/q;;;+2/p-2. The van der Waals surface area contributed by atoms with Crippen molar-refractivity contribution >= 4 is 56.5 Å². The van der Waals surface area contributed by atoms with Gasteiger partial charge in [-0.15, -0.1) is 0 Å². The first kappa shape index (κ1) is 42.2. The Labute approximate surface area is 290 Å². The molecule has 2 aliphatic carbocycles. The summed E-state index contributed by atoms with van der Waals surface area (Å²) in [7, 11) is -1.85. The second-order valence-electron chi connectivity index (χ2n) is 14.2. The fraction of sp³-hybridized carbons (Fsp3) is 0.941. The fourth-order valence-electron chi connectivity index (χ4n) is 6.79. The zero-order valence-electron chi connectivity index (χ0n) is 29.6. The molecule has 0 bridgehead atoms. The molecule has 9 heteroatoms. The van der Waals surface area contributed by atoms with Gasteiger partial charge in [0.25, 0.3) is 0 Å². The Balaban J connectivity index is 0.00000295. The number of rotatable bonds is 17. The van der Waals surface area contributed by atoms with Gasteiger partial charge in [0.2, 0.25) is 0 Å². The third-order valence-electron chi connectivity index (χ3n) is 10.9. The molecule has 258 valence electrons. The van der Waals surface area contributed by atoms with Crippen molar-refractivity contribution in [1.82, 2.24) is 0 Å². The summed E-state index contributed by atoms with van der Waals surface area (Å²) in [4.78, 5) is 11.3. The molecule has 0 radical (unpaired) electrons. The first-order valence-electron chi connectivity index (χ1n) is 17.7. The van der Waals surface area contributed by atoms with Crippen LogP contribution in [0.15, 0.2) is 9.98 Å². The van der Waals surface area contributed by atoms with Gasteiger partial charge in [-0.1, -0.05) is 68.2 Å². The molecule has 4 atom stereocenters. The van der Waals surface area contributed by atoms with Crippen molar-refractivity contribution in [2.75, 3.05) is 13.2 Å². The zero-order valence-corrected chi connectivity index (χ0v) is 35.7. The molecule has 0 saturated heterocycles. The Bertz CT molecular complexity index is 727. The molecule has 0 amide bonds. The molecule has 0 N–H and O–H groups in total. The molecular formula is C34H68Br2N2NiO2Si2. The number of hydrogen-bond acceptors (Lipinski definition) is 4. The summed E-state index contributed by atoms with van der Waals surface area (Å²) in [6.07, 6.45) is 12.0. The van der Waals surface area contributed by atoms with Gasteiger partial charge in [0.15, 0.2) is 16.6 Å². The van der Waals surface area contributed by atoms with E-state index in [4.69, 9.17) is 18.8 Å². The predicted molar refractivity (Wildman–Crippen MR) is 200 cm³/mol. The molecular weight excluding hydrogens is 743 g/mol. The molecule has 43 heavy (non-hydrogen) atoms. The zero-order chi connectivity index (χ0) is 32.5. The van der Waals surface area contributed by atoms with Crippen LogP contribution in [-0.4, -0.2) is 53.4 Å². The summed E-state index contributed by atoms with van der Waals surface area (Å²) in [5.41, 5.74) is 2.61. The molecule has 2 aliphatic rings. The average molecular weight is 812 g/mol. The quantitative estimate of drug-likeness (QED) is 0.0834. The summed E-state index contributed by atoms with van der Waals surface area (Å²) in [6.45, 7) is 25.5. The van der Waals surface area contributed by atoms with Crippen LogP contribution in [0.3, 0.4) is 0 Å². The number of aliphatic imine (C=N–C) groups is 2. The molecule has 0 heterocycles. The monoisotopic (exact) mass is 808 g/mol. The van der Waals surface area contributed by atoms with E-state index in [-0.39, 0.29) is 0 Å². The maximum atomic E-state index is 6.56. The van der Waals surface area contributed by atoms with Crippen molar-refractivity contribution in [3.05, 3.63) is 0 Å². The van der Waals surface area contributed by atoms with Crippen molar-refractivity contribution in [2.24, 2.45) is 33.7 Å². The minimum absolute atomic E-state index is 0.425.